The van der Waals surface area contributed by atoms with Crippen molar-refractivity contribution in [2.24, 2.45) is 4.99 Å². The maximum absolute atomic E-state index is 4.07. The normalized spacial score (nSPS) is 17.9. The summed E-state index contributed by atoms with van der Waals surface area (Å²) in [5.41, 5.74) is 1.11. The third kappa shape index (κ3) is 1.34. The Bertz CT molecular complexity index is 149. The standard InChI is InChI=1S/C7H9N/c1-7-5-3-2-4-6-8-7/h2,4-6H,3H2,1H3. The minimum absolute atomic E-state index is 1.02. The van der Waals surface area contributed by atoms with Crippen molar-refractivity contribution in [2.45, 2.75) is 13.3 Å². The highest BCUT2D eigenvalue weighted by Gasteiger charge is 1.81. The van der Waals surface area contributed by atoms with Gasteiger partial charge < -0.3 is 0 Å². The van der Waals surface area contributed by atoms with Crippen molar-refractivity contribution in [3.63, 3.8) is 0 Å². The predicted octanol–water partition coefficient (Wildman–Crippen LogP) is 1.92. The molecule has 1 aliphatic heterocycles. The van der Waals surface area contributed by atoms with E-state index in [4.69, 9.17) is 0 Å². The Labute approximate surface area is 49.4 Å². The first-order chi connectivity index (χ1) is 3.89. The van der Waals surface area contributed by atoms with E-state index in [1.807, 2.05) is 19.2 Å². The van der Waals surface area contributed by atoms with E-state index in [2.05, 4.69) is 17.1 Å². The van der Waals surface area contributed by atoms with Crippen molar-refractivity contribution in [1.29, 1.82) is 0 Å². The molecular weight excluding hydrogens is 98.1 g/mol. The summed E-state index contributed by atoms with van der Waals surface area (Å²) >= 11 is 0. The van der Waals surface area contributed by atoms with Crippen LogP contribution in [0.4, 0.5) is 0 Å². The number of aliphatic imine (C=N–C) groups is 1. The molecule has 0 aromatic rings. The number of hydrogen-bond donors (Lipinski definition) is 0. The SMILES string of the molecule is CC1=CCC=CC=N1. The highest BCUT2D eigenvalue weighted by atomic mass is 14.7. The molecule has 0 aromatic carbocycles. The minimum atomic E-state index is 1.02. The second kappa shape index (κ2) is 2.46. The Kier molecular flexibility index (Phi) is 1.62. The van der Waals surface area contributed by atoms with Gasteiger partial charge in [0, 0.05) is 11.9 Å². The topological polar surface area (TPSA) is 12.4 Å². The number of rotatable bonds is 0. The van der Waals surface area contributed by atoms with Gasteiger partial charge in [-0.15, -0.1) is 0 Å². The monoisotopic (exact) mass is 107 g/mol. The molecular formula is C7H9N. The van der Waals surface area contributed by atoms with E-state index in [0.717, 1.165) is 12.1 Å². The lowest BCUT2D eigenvalue weighted by molar-refractivity contribution is 1.26. The molecule has 1 heteroatoms. The maximum Gasteiger partial charge on any atom is 0.0335 e. The lowest BCUT2D eigenvalue weighted by atomic mass is 10.3. The quantitative estimate of drug-likeness (QED) is 0.448. The van der Waals surface area contributed by atoms with E-state index in [1.165, 1.54) is 0 Å². The van der Waals surface area contributed by atoms with Crippen molar-refractivity contribution in [1.82, 2.24) is 0 Å². The fourth-order valence-electron chi connectivity index (χ4n) is 0.591. The van der Waals surface area contributed by atoms with Crippen LogP contribution in [0.2, 0.25) is 0 Å². The lowest BCUT2D eigenvalue weighted by Crippen LogP contribution is -1.64. The molecule has 1 rings (SSSR count). The van der Waals surface area contributed by atoms with Gasteiger partial charge in [0.2, 0.25) is 0 Å². The average Bonchev–Trinajstić information content (AvgIpc) is 1.94. The van der Waals surface area contributed by atoms with Crippen LogP contribution in [-0.2, 0) is 0 Å². The molecule has 0 bridgehead atoms. The summed E-state index contributed by atoms with van der Waals surface area (Å²) in [4.78, 5) is 4.07. The molecule has 1 nitrogen and oxygen atoms in total. The average molecular weight is 107 g/mol. The van der Waals surface area contributed by atoms with Gasteiger partial charge in [0.1, 0.15) is 0 Å². The molecule has 0 spiro atoms. The first kappa shape index (κ1) is 5.29. The first-order valence-corrected chi connectivity index (χ1v) is 2.75. The molecule has 0 aromatic heterocycles. The third-order valence-corrected chi connectivity index (χ3v) is 1.05. The Morgan fingerprint density at radius 3 is 3.38 bits per heavy atom. The Morgan fingerprint density at radius 1 is 1.62 bits per heavy atom. The summed E-state index contributed by atoms with van der Waals surface area (Å²) in [6.07, 6.45) is 8.98. The molecule has 0 saturated heterocycles. The Balaban J connectivity index is 2.69. The molecule has 1 heterocycles. The molecule has 0 radical (unpaired) electrons. The fourth-order valence-corrected chi connectivity index (χ4v) is 0.591. The molecule has 1 aliphatic rings. The number of hydrogen-bond acceptors (Lipinski definition) is 1. The molecule has 0 fully saturated rings. The van der Waals surface area contributed by atoms with Crippen LogP contribution in [0.1, 0.15) is 13.3 Å². The molecule has 42 valence electrons. The highest BCUT2D eigenvalue weighted by molar-refractivity contribution is 5.72. The third-order valence-electron chi connectivity index (χ3n) is 1.05. The molecule has 0 amide bonds. The van der Waals surface area contributed by atoms with Gasteiger partial charge >= 0.3 is 0 Å². The van der Waals surface area contributed by atoms with Crippen LogP contribution in [0.15, 0.2) is 28.9 Å². The van der Waals surface area contributed by atoms with E-state index in [-0.39, 0.29) is 0 Å². The smallest absolute Gasteiger partial charge is 0.0335 e. The van der Waals surface area contributed by atoms with Crippen LogP contribution in [0.25, 0.3) is 0 Å². The Hall–Kier alpha value is -0.850. The summed E-state index contributed by atoms with van der Waals surface area (Å²) < 4.78 is 0. The van der Waals surface area contributed by atoms with E-state index in [1.54, 1.807) is 0 Å². The van der Waals surface area contributed by atoms with E-state index in [9.17, 15) is 0 Å². The molecule has 0 unspecified atom stereocenters. The summed E-state index contributed by atoms with van der Waals surface area (Å²) in [6.45, 7) is 2.00. The van der Waals surface area contributed by atoms with Crippen LogP contribution in [0.3, 0.4) is 0 Å². The molecule has 8 heavy (non-hydrogen) atoms. The number of allylic oxidation sites excluding steroid dienone is 4. The van der Waals surface area contributed by atoms with Crippen LogP contribution in [0, 0.1) is 0 Å². The first-order valence-electron chi connectivity index (χ1n) is 2.75. The van der Waals surface area contributed by atoms with Crippen molar-refractivity contribution < 1.29 is 0 Å². The van der Waals surface area contributed by atoms with E-state index < -0.39 is 0 Å². The van der Waals surface area contributed by atoms with Crippen molar-refractivity contribution in [3.05, 3.63) is 23.9 Å². The summed E-state index contributed by atoms with van der Waals surface area (Å²) in [5.74, 6) is 0. The van der Waals surface area contributed by atoms with Gasteiger partial charge in [0.15, 0.2) is 0 Å². The number of nitrogens with zero attached hydrogens (tertiary/aromatic N) is 1. The lowest BCUT2D eigenvalue weighted by Gasteiger charge is -1.82. The van der Waals surface area contributed by atoms with E-state index >= 15 is 0 Å². The van der Waals surface area contributed by atoms with Gasteiger partial charge in [-0.3, -0.25) is 4.99 Å². The molecule has 0 N–H and O–H groups in total. The van der Waals surface area contributed by atoms with Gasteiger partial charge in [0.05, 0.1) is 0 Å². The van der Waals surface area contributed by atoms with Crippen LogP contribution in [-0.4, -0.2) is 6.21 Å². The van der Waals surface area contributed by atoms with Crippen LogP contribution >= 0.6 is 0 Å². The largest absolute Gasteiger partial charge is 0.262 e. The van der Waals surface area contributed by atoms with Gasteiger partial charge in [0.25, 0.3) is 0 Å². The van der Waals surface area contributed by atoms with Crippen molar-refractivity contribution in [2.75, 3.05) is 0 Å². The van der Waals surface area contributed by atoms with Crippen molar-refractivity contribution >= 4 is 6.21 Å². The molecule has 0 saturated carbocycles. The summed E-state index contributed by atoms with van der Waals surface area (Å²) in [5, 5.41) is 0. The Morgan fingerprint density at radius 2 is 2.50 bits per heavy atom. The molecule has 0 atom stereocenters. The highest BCUT2D eigenvalue weighted by Crippen LogP contribution is 1.99. The zero-order valence-electron chi connectivity index (χ0n) is 4.96. The predicted molar refractivity (Wildman–Crippen MR) is 36.0 cm³/mol. The summed E-state index contributed by atoms with van der Waals surface area (Å²) in [7, 11) is 0. The minimum Gasteiger partial charge on any atom is -0.262 e. The fraction of sp³-hybridized carbons (Fsp3) is 0.286. The zero-order valence-corrected chi connectivity index (χ0v) is 4.96. The van der Waals surface area contributed by atoms with Gasteiger partial charge in [-0.1, -0.05) is 12.2 Å². The van der Waals surface area contributed by atoms with Crippen LogP contribution in [0.5, 0.6) is 0 Å². The summed E-state index contributed by atoms with van der Waals surface area (Å²) in [6, 6.07) is 0. The van der Waals surface area contributed by atoms with Gasteiger partial charge in [-0.2, -0.15) is 0 Å². The second-order valence-corrected chi connectivity index (χ2v) is 1.79. The van der Waals surface area contributed by atoms with Gasteiger partial charge in [-0.25, -0.2) is 0 Å². The van der Waals surface area contributed by atoms with Crippen molar-refractivity contribution in [3.8, 4) is 0 Å². The van der Waals surface area contributed by atoms with Crippen LogP contribution < -0.4 is 0 Å². The maximum atomic E-state index is 4.07. The van der Waals surface area contributed by atoms with E-state index in [0.29, 0.717) is 0 Å². The van der Waals surface area contributed by atoms with Gasteiger partial charge in [-0.05, 0) is 19.4 Å². The molecule has 0 aliphatic carbocycles. The second-order valence-electron chi connectivity index (χ2n) is 1.79. The zero-order chi connectivity index (χ0) is 5.82.